The summed E-state index contributed by atoms with van der Waals surface area (Å²) in [5.41, 5.74) is 5.64. The van der Waals surface area contributed by atoms with Gasteiger partial charge in [-0.25, -0.2) is 4.99 Å². The standard InChI is InChI=1S/C27H18N4OS/c28-16-18-5-7-20(8-6-18)26-22-3-1-2-4-24(22)33-25-10-9-21(15-23(25)31-26)27(32)30-17-19-11-13-29-14-12-19/h1-15H,17H2,(H,30,32). The number of aliphatic imine (C=N–C) groups is 1. The summed E-state index contributed by atoms with van der Waals surface area (Å²) in [5, 5.41) is 12.1. The fourth-order valence-electron chi connectivity index (χ4n) is 3.59. The van der Waals surface area contributed by atoms with Gasteiger partial charge >= 0.3 is 0 Å². The summed E-state index contributed by atoms with van der Waals surface area (Å²) in [7, 11) is 0. The molecule has 1 amide bonds. The fraction of sp³-hybridized carbons (Fsp3) is 0.0370. The topological polar surface area (TPSA) is 78.1 Å². The zero-order valence-electron chi connectivity index (χ0n) is 17.5. The fourth-order valence-corrected chi connectivity index (χ4v) is 4.59. The summed E-state index contributed by atoms with van der Waals surface area (Å²) >= 11 is 1.63. The van der Waals surface area contributed by atoms with Crippen LogP contribution in [0, 0.1) is 11.3 Å². The summed E-state index contributed by atoms with van der Waals surface area (Å²) in [6, 6.07) is 27.1. The van der Waals surface area contributed by atoms with E-state index in [9.17, 15) is 4.79 Å². The van der Waals surface area contributed by atoms with Crippen molar-refractivity contribution in [2.24, 2.45) is 4.99 Å². The van der Waals surface area contributed by atoms with Gasteiger partial charge in [-0.3, -0.25) is 9.78 Å². The highest BCUT2D eigenvalue weighted by Crippen LogP contribution is 2.41. The van der Waals surface area contributed by atoms with Crippen molar-refractivity contribution in [1.29, 1.82) is 5.26 Å². The molecule has 33 heavy (non-hydrogen) atoms. The minimum atomic E-state index is -0.156. The number of hydrogen-bond donors (Lipinski definition) is 1. The zero-order valence-corrected chi connectivity index (χ0v) is 18.3. The van der Waals surface area contributed by atoms with E-state index in [1.165, 1.54) is 0 Å². The highest BCUT2D eigenvalue weighted by atomic mass is 32.2. The van der Waals surface area contributed by atoms with Crippen molar-refractivity contribution in [3.63, 3.8) is 0 Å². The summed E-state index contributed by atoms with van der Waals surface area (Å²) in [6.45, 7) is 0.429. The molecule has 0 unspecified atom stereocenters. The van der Waals surface area contributed by atoms with Gasteiger partial charge in [-0.05, 0) is 54.1 Å². The van der Waals surface area contributed by atoms with Crippen molar-refractivity contribution in [1.82, 2.24) is 10.3 Å². The van der Waals surface area contributed by atoms with Crippen molar-refractivity contribution in [2.75, 3.05) is 0 Å². The third kappa shape index (κ3) is 4.40. The van der Waals surface area contributed by atoms with Crippen LogP contribution in [0.2, 0.25) is 0 Å². The van der Waals surface area contributed by atoms with Crippen LogP contribution in [0.15, 0.2) is 106 Å². The van der Waals surface area contributed by atoms with Gasteiger partial charge in [0.1, 0.15) is 0 Å². The molecule has 6 heteroatoms. The molecular weight excluding hydrogens is 428 g/mol. The Balaban J connectivity index is 1.52. The predicted octanol–water partition coefficient (Wildman–Crippen LogP) is 5.52. The SMILES string of the molecule is N#Cc1ccc(C2=Nc3cc(C(=O)NCc4ccncc4)ccc3Sc3ccccc32)cc1. The van der Waals surface area contributed by atoms with Gasteiger partial charge in [-0.2, -0.15) is 5.26 Å². The van der Waals surface area contributed by atoms with E-state index < -0.39 is 0 Å². The molecule has 1 N–H and O–H groups in total. The van der Waals surface area contributed by atoms with Gasteiger partial charge in [0.05, 0.1) is 23.0 Å². The van der Waals surface area contributed by atoms with Gasteiger partial charge in [0, 0.05) is 45.4 Å². The first-order valence-corrected chi connectivity index (χ1v) is 11.2. The molecule has 158 valence electrons. The number of hydrogen-bond acceptors (Lipinski definition) is 5. The van der Waals surface area contributed by atoms with E-state index in [-0.39, 0.29) is 5.91 Å². The number of nitrogens with one attached hydrogen (secondary N) is 1. The Bertz CT molecular complexity index is 1410. The molecule has 0 saturated heterocycles. The average Bonchev–Trinajstić information content (AvgIpc) is 3.04. The van der Waals surface area contributed by atoms with Crippen LogP contribution >= 0.6 is 11.8 Å². The Labute approximate surface area is 195 Å². The van der Waals surface area contributed by atoms with E-state index in [0.717, 1.165) is 37.9 Å². The minimum absolute atomic E-state index is 0.156. The lowest BCUT2D eigenvalue weighted by Crippen LogP contribution is -2.22. The number of carbonyl (C=O) groups is 1. The summed E-state index contributed by atoms with van der Waals surface area (Å²) in [5.74, 6) is -0.156. The lowest BCUT2D eigenvalue weighted by molar-refractivity contribution is 0.0951. The normalized spacial score (nSPS) is 11.9. The maximum Gasteiger partial charge on any atom is 0.251 e. The number of aromatic nitrogens is 1. The molecule has 0 bridgehead atoms. The Kier molecular flexibility index (Phi) is 5.71. The largest absolute Gasteiger partial charge is 0.348 e. The molecule has 0 fully saturated rings. The molecule has 0 aliphatic carbocycles. The van der Waals surface area contributed by atoms with Crippen LogP contribution in [0.4, 0.5) is 5.69 Å². The molecule has 3 aromatic carbocycles. The second kappa shape index (κ2) is 9.11. The van der Waals surface area contributed by atoms with E-state index in [2.05, 4.69) is 22.4 Å². The van der Waals surface area contributed by atoms with Crippen LogP contribution in [-0.2, 0) is 6.54 Å². The van der Waals surface area contributed by atoms with Crippen molar-refractivity contribution < 1.29 is 4.79 Å². The summed E-state index contributed by atoms with van der Waals surface area (Å²) in [6.07, 6.45) is 3.41. The highest BCUT2D eigenvalue weighted by molar-refractivity contribution is 7.99. The van der Waals surface area contributed by atoms with Crippen LogP contribution in [0.25, 0.3) is 0 Å². The predicted molar refractivity (Wildman–Crippen MR) is 129 cm³/mol. The second-order valence-electron chi connectivity index (χ2n) is 7.47. The molecule has 1 aliphatic heterocycles. The molecule has 0 atom stereocenters. The van der Waals surface area contributed by atoms with E-state index >= 15 is 0 Å². The van der Waals surface area contributed by atoms with Crippen LogP contribution in [0.1, 0.15) is 32.6 Å². The van der Waals surface area contributed by atoms with Crippen molar-refractivity contribution in [3.8, 4) is 6.07 Å². The van der Waals surface area contributed by atoms with Crippen LogP contribution < -0.4 is 5.32 Å². The van der Waals surface area contributed by atoms with Gasteiger partial charge in [0.25, 0.3) is 5.91 Å². The van der Waals surface area contributed by atoms with Crippen molar-refractivity contribution in [3.05, 3.63) is 119 Å². The number of fused-ring (bicyclic) bond motifs is 2. The molecule has 1 aliphatic rings. The Morgan fingerprint density at radius 1 is 0.939 bits per heavy atom. The lowest BCUT2D eigenvalue weighted by Gasteiger charge is -2.09. The smallest absolute Gasteiger partial charge is 0.251 e. The molecular formula is C27H18N4OS. The monoisotopic (exact) mass is 446 g/mol. The molecule has 0 spiro atoms. The van der Waals surface area contributed by atoms with E-state index in [1.807, 2.05) is 60.7 Å². The van der Waals surface area contributed by atoms with Crippen molar-refractivity contribution in [2.45, 2.75) is 16.3 Å². The van der Waals surface area contributed by atoms with Crippen LogP contribution in [0.5, 0.6) is 0 Å². The average molecular weight is 447 g/mol. The first-order valence-electron chi connectivity index (χ1n) is 10.4. The first-order chi connectivity index (χ1) is 16.2. The molecule has 1 aromatic heterocycles. The highest BCUT2D eigenvalue weighted by Gasteiger charge is 2.20. The van der Waals surface area contributed by atoms with Crippen LogP contribution in [0.3, 0.4) is 0 Å². The summed E-state index contributed by atoms with van der Waals surface area (Å²) < 4.78 is 0. The Morgan fingerprint density at radius 2 is 1.73 bits per heavy atom. The number of carbonyl (C=O) groups excluding carboxylic acids is 1. The number of nitrogens with zero attached hydrogens (tertiary/aromatic N) is 3. The number of rotatable bonds is 4. The van der Waals surface area contributed by atoms with E-state index in [1.54, 1.807) is 36.3 Å². The number of nitriles is 1. The van der Waals surface area contributed by atoms with Gasteiger partial charge in [-0.1, -0.05) is 42.1 Å². The van der Waals surface area contributed by atoms with Gasteiger partial charge in [0.15, 0.2) is 0 Å². The maximum atomic E-state index is 12.8. The molecule has 5 nitrogen and oxygen atoms in total. The third-order valence-electron chi connectivity index (χ3n) is 5.31. The van der Waals surface area contributed by atoms with Gasteiger partial charge in [-0.15, -0.1) is 0 Å². The number of benzene rings is 3. The third-order valence-corrected chi connectivity index (χ3v) is 6.45. The summed E-state index contributed by atoms with van der Waals surface area (Å²) in [4.78, 5) is 23.9. The Hall–Kier alpha value is -4.21. The molecule has 0 saturated carbocycles. The van der Waals surface area contributed by atoms with Crippen molar-refractivity contribution >= 4 is 29.1 Å². The molecule has 2 heterocycles. The van der Waals surface area contributed by atoms with Crippen LogP contribution in [-0.4, -0.2) is 16.6 Å². The number of amides is 1. The number of pyridine rings is 1. The van der Waals surface area contributed by atoms with Gasteiger partial charge < -0.3 is 5.32 Å². The Morgan fingerprint density at radius 3 is 2.52 bits per heavy atom. The maximum absolute atomic E-state index is 12.8. The molecule has 4 aromatic rings. The minimum Gasteiger partial charge on any atom is -0.348 e. The van der Waals surface area contributed by atoms with E-state index in [0.29, 0.717) is 17.7 Å². The van der Waals surface area contributed by atoms with Gasteiger partial charge in [0.2, 0.25) is 0 Å². The first kappa shape index (κ1) is 20.7. The van der Waals surface area contributed by atoms with E-state index in [4.69, 9.17) is 10.3 Å². The quantitative estimate of drug-likeness (QED) is 0.394. The zero-order chi connectivity index (χ0) is 22.6. The second-order valence-corrected chi connectivity index (χ2v) is 8.55. The molecule has 0 radical (unpaired) electrons. The lowest BCUT2D eigenvalue weighted by atomic mass is 10.0. The molecule has 5 rings (SSSR count).